The zero-order chi connectivity index (χ0) is 12.8. The molecule has 1 amide bonds. The molecule has 0 saturated carbocycles. The summed E-state index contributed by atoms with van der Waals surface area (Å²) < 4.78 is 0. The molecule has 0 aromatic heterocycles. The fourth-order valence-electron chi connectivity index (χ4n) is 2.34. The van der Waals surface area contributed by atoms with E-state index in [2.05, 4.69) is 28.6 Å². The van der Waals surface area contributed by atoms with Gasteiger partial charge in [-0.2, -0.15) is 0 Å². The van der Waals surface area contributed by atoms with Crippen LogP contribution >= 0.6 is 0 Å². The third-order valence-corrected chi connectivity index (χ3v) is 3.47. The minimum atomic E-state index is 0.540. The Kier molecular flexibility index (Phi) is 4.59. The van der Waals surface area contributed by atoms with Gasteiger partial charge in [-0.25, -0.2) is 0 Å². The number of nitrogens with one attached hydrogen (secondary N) is 2. The van der Waals surface area contributed by atoms with Gasteiger partial charge in [-0.15, -0.1) is 0 Å². The molecule has 1 heterocycles. The Morgan fingerprint density at radius 3 is 2.78 bits per heavy atom. The van der Waals surface area contributed by atoms with Crippen LogP contribution < -0.4 is 10.6 Å². The van der Waals surface area contributed by atoms with Gasteiger partial charge >= 0.3 is 0 Å². The summed E-state index contributed by atoms with van der Waals surface area (Å²) in [6, 6.07) is 8.70. The van der Waals surface area contributed by atoms with Crippen LogP contribution in [0, 0.1) is 0 Å². The normalized spacial score (nSPS) is 17.4. The molecule has 1 aromatic carbocycles. The van der Waals surface area contributed by atoms with Gasteiger partial charge in [0.2, 0.25) is 6.41 Å². The van der Waals surface area contributed by atoms with E-state index >= 15 is 0 Å². The van der Waals surface area contributed by atoms with Gasteiger partial charge in [0.05, 0.1) is 0 Å². The number of likely N-dealkylation sites (tertiary alicyclic amines) is 1. The Labute approximate surface area is 108 Å². The summed E-state index contributed by atoms with van der Waals surface area (Å²) in [6.07, 6.45) is 3.09. The predicted molar refractivity (Wildman–Crippen MR) is 73.5 cm³/mol. The summed E-state index contributed by atoms with van der Waals surface area (Å²) in [5.41, 5.74) is 2.28. The molecule has 0 spiro atoms. The minimum absolute atomic E-state index is 0.540. The fraction of sp³-hybridized carbons (Fsp3) is 0.500. The SMILES string of the molecule is CN1CCC(Nc2ccccc2CNC=O)CC1. The van der Waals surface area contributed by atoms with Crippen LogP contribution in [0.4, 0.5) is 5.69 Å². The molecular weight excluding hydrogens is 226 g/mol. The van der Waals surface area contributed by atoms with E-state index in [1.807, 2.05) is 18.2 Å². The van der Waals surface area contributed by atoms with E-state index in [4.69, 9.17) is 0 Å². The monoisotopic (exact) mass is 247 g/mol. The molecule has 98 valence electrons. The molecule has 1 aliphatic heterocycles. The average molecular weight is 247 g/mol. The lowest BCUT2D eigenvalue weighted by Gasteiger charge is -2.30. The summed E-state index contributed by atoms with van der Waals surface area (Å²) in [4.78, 5) is 12.7. The van der Waals surface area contributed by atoms with E-state index in [9.17, 15) is 4.79 Å². The maximum atomic E-state index is 10.4. The van der Waals surface area contributed by atoms with E-state index < -0.39 is 0 Å². The van der Waals surface area contributed by atoms with Gasteiger partial charge in [0.1, 0.15) is 0 Å². The van der Waals surface area contributed by atoms with Crippen LogP contribution in [0.1, 0.15) is 18.4 Å². The van der Waals surface area contributed by atoms with Crippen molar-refractivity contribution in [3.63, 3.8) is 0 Å². The molecule has 0 bridgehead atoms. The third kappa shape index (κ3) is 3.47. The molecule has 2 rings (SSSR count). The number of anilines is 1. The number of carbonyl (C=O) groups excluding carboxylic acids is 1. The van der Waals surface area contributed by atoms with Crippen LogP contribution in [0.15, 0.2) is 24.3 Å². The second kappa shape index (κ2) is 6.40. The number of amides is 1. The topological polar surface area (TPSA) is 44.4 Å². The molecular formula is C14H21N3O. The first-order valence-electron chi connectivity index (χ1n) is 6.49. The lowest BCUT2D eigenvalue weighted by atomic mass is 10.0. The van der Waals surface area contributed by atoms with Gasteiger partial charge in [0.15, 0.2) is 0 Å². The quantitative estimate of drug-likeness (QED) is 0.774. The Bertz CT molecular complexity index is 386. The highest BCUT2D eigenvalue weighted by molar-refractivity contribution is 5.54. The fourth-order valence-corrected chi connectivity index (χ4v) is 2.34. The molecule has 0 radical (unpaired) electrons. The van der Waals surface area contributed by atoms with E-state index in [1.165, 1.54) is 12.8 Å². The van der Waals surface area contributed by atoms with E-state index in [0.717, 1.165) is 30.8 Å². The zero-order valence-corrected chi connectivity index (χ0v) is 10.9. The first-order chi connectivity index (χ1) is 8.79. The van der Waals surface area contributed by atoms with Crippen molar-refractivity contribution in [1.82, 2.24) is 10.2 Å². The largest absolute Gasteiger partial charge is 0.382 e. The van der Waals surface area contributed by atoms with Gasteiger partial charge in [0, 0.05) is 18.3 Å². The van der Waals surface area contributed by atoms with Crippen LogP contribution in [0.3, 0.4) is 0 Å². The number of piperidine rings is 1. The van der Waals surface area contributed by atoms with E-state index in [1.54, 1.807) is 0 Å². The number of hydrogen-bond donors (Lipinski definition) is 2. The molecule has 2 N–H and O–H groups in total. The molecule has 1 fully saturated rings. The summed E-state index contributed by atoms with van der Waals surface area (Å²) in [5, 5.41) is 6.32. The van der Waals surface area contributed by atoms with E-state index in [0.29, 0.717) is 12.6 Å². The molecule has 1 saturated heterocycles. The van der Waals surface area contributed by atoms with Crippen molar-refractivity contribution in [3.05, 3.63) is 29.8 Å². The van der Waals surface area contributed by atoms with Gasteiger partial charge in [-0.3, -0.25) is 4.79 Å². The molecule has 0 unspecified atom stereocenters. The van der Waals surface area contributed by atoms with Crippen molar-refractivity contribution in [3.8, 4) is 0 Å². The van der Waals surface area contributed by atoms with Gasteiger partial charge in [-0.05, 0) is 44.6 Å². The molecule has 18 heavy (non-hydrogen) atoms. The van der Waals surface area contributed by atoms with Crippen LogP contribution in [0.2, 0.25) is 0 Å². The predicted octanol–water partition coefficient (Wildman–Crippen LogP) is 1.44. The Balaban J connectivity index is 1.97. The lowest BCUT2D eigenvalue weighted by molar-refractivity contribution is -0.109. The second-order valence-corrected chi connectivity index (χ2v) is 4.88. The average Bonchev–Trinajstić information content (AvgIpc) is 2.40. The molecule has 1 aliphatic rings. The molecule has 0 atom stereocenters. The first-order valence-corrected chi connectivity index (χ1v) is 6.49. The Morgan fingerprint density at radius 1 is 1.33 bits per heavy atom. The van der Waals surface area contributed by atoms with Gasteiger partial charge in [0.25, 0.3) is 0 Å². The maximum Gasteiger partial charge on any atom is 0.207 e. The van der Waals surface area contributed by atoms with Crippen molar-refractivity contribution >= 4 is 12.1 Å². The number of para-hydroxylation sites is 1. The third-order valence-electron chi connectivity index (χ3n) is 3.47. The summed E-state index contributed by atoms with van der Waals surface area (Å²) >= 11 is 0. The molecule has 4 heteroatoms. The maximum absolute atomic E-state index is 10.4. The number of hydrogen-bond acceptors (Lipinski definition) is 3. The number of benzene rings is 1. The van der Waals surface area contributed by atoms with Gasteiger partial charge < -0.3 is 15.5 Å². The highest BCUT2D eigenvalue weighted by Crippen LogP contribution is 2.19. The van der Waals surface area contributed by atoms with Crippen molar-refractivity contribution in [1.29, 1.82) is 0 Å². The van der Waals surface area contributed by atoms with Crippen LogP contribution in [-0.2, 0) is 11.3 Å². The highest BCUT2D eigenvalue weighted by atomic mass is 16.1. The minimum Gasteiger partial charge on any atom is -0.382 e. The number of carbonyl (C=O) groups is 1. The van der Waals surface area contributed by atoms with Crippen LogP contribution in [0.25, 0.3) is 0 Å². The summed E-state index contributed by atoms with van der Waals surface area (Å²) in [5.74, 6) is 0. The van der Waals surface area contributed by atoms with Crippen LogP contribution in [0.5, 0.6) is 0 Å². The second-order valence-electron chi connectivity index (χ2n) is 4.88. The number of nitrogens with zero attached hydrogens (tertiary/aromatic N) is 1. The van der Waals surface area contributed by atoms with Crippen molar-refractivity contribution in [2.45, 2.75) is 25.4 Å². The van der Waals surface area contributed by atoms with E-state index in [-0.39, 0.29) is 0 Å². The Morgan fingerprint density at radius 2 is 2.06 bits per heavy atom. The van der Waals surface area contributed by atoms with Crippen LogP contribution in [-0.4, -0.2) is 37.5 Å². The zero-order valence-electron chi connectivity index (χ0n) is 10.9. The molecule has 1 aromatic rings. The number of rotatable bonds is 5. The summed E-state index contributed by atoms with van der Waals surface area (Å²) in [7, 11) is 2.16. The standard InChI is InChI=1S/C14H21N3O/c1-17-8-6-13(7-9-17)16-14-5-3-2-4-12(14)10-15-11-18/h2-5,11,13,16H,6-10H2,1H3,(H,15,18). The lowest BCUT2D eigenvalue weighted by Crippen LogP contribution is -2.37. The molecule has 4 nitrogen and oxygen atoms in total. The first kappa shape index (κ1) is 12.9. The van der Waals surface area contributed by atoms with Crippen molar-refractivity contribution in [2.24, 2.45) is 0 Å². The smallest absolute Gasteiger partial charge is 0.207 e. The van der Waals surface area contributed by atoms with Crippen molar-refractivity contribution in [2.75, 3.05) is 25.5 Å². The molecule has 0 aliphatic carbocycles. The highest BCUT2D eigenvalue weighted by Gasteiger charge is 2.16. The van der Waals surface area contributed by atoms with Gasteiger partial charge in [-0.1, -0.05) is 18.2 Å². The van der Waals surface area contributed by atoms with Crippen molar-refractivity contribution < 1.29 is 4.79 Å². The Hall–Kier alpha value is -1.55. The summed E-state index contributed by atoms with van der Waals surface area (Å²) in [6.45, 7) is 2.87.